The molecule has 0 N–H and O–H groups in total. The molecule has 0 spiro atoms. The number of methoxy groups -OCH3 is 1. The van der Waals surface area contributed by atoms with Crippen LogP contribution >= 0.6 is 0 Å². The summed E-state index contributed by atoms with van der Waals surface area (Å²) < 4.78 is 4.97. The normalized spacial score (nSPS) is 9.83. The molecule has 5 nitrogen and oxygen atoms in total. The Balaban J connectivity index is 2.77. The molecular formula is C13H17N3O2. The van der Waals surface area contributed by atoms with Crippen LogP contribution in [0.3, 0.4) is 0 Å². The first-order valence-electron chi connectivity index (χ1n) is 5.76. The largest absolute Gasteiger partial charge is 0.383 e. The van der Waals surface area contributed by atoms with Crippen LogP contribution in [0.15, 0.2) is 18.5 Å². The predicted octanol–water partition coefficient (Wildman–Crippen LogP) is 1.39. The highest BCUT2D eigenvalue weighted by molar-refractivity contribution is 5.94. The number of pyridine rings is 1. The van der Waals surface area contributed by atoms with Crippen LogP contribution in [0.25, 0.3) is 0 Å². The Morgan fingerprint density at radius 1 is 1.50 bits per heavy atom. The zero-order chi connectivity index (χ0) is 13.4. The number of ether oxygens (including phenoxy) is 1. The molecule has 0 aromatic carbocycles. The third-order valence-corrected chi connectivity index (χ3v) is 2.47. The van der Waals surface area contributed by atoms with Gasteiger partial charge in [-0.2, -0.15) is 5.26 Å². The summed E-state index contributed by atoms with van der Waals surface area (Å²) in [6, 6.07) is 3.84. The van der Waals surface area contributed by atoms with Crippen LogP contribution in [-0.4, -0.2) is 42.6 Å². The number of hydrogen-bond acceptors (Lipinski definition) is 4. The van der Waals surface area contributed by atoms with E-state index >= 15 is 0 Å². The lowest BCUT2D eigenvalue weighted by molar-refractivity contribution is 0.0699. The molecule has 0 radical (unpaired) electrons. The van der Waals surface area contributed by atoms with Crippen molar-refractivity contribution in [2.45, 2.75) is 13.3 Å². The van der Waals surface area contributed by atoms with E-state index in [1.54, 1.807) is 30.5 Å². The molecule has 1 aromatic rings. The van der Waals surface area contributed by atoms with E-state index in [0.717, 1.165) is 5.56 Å². The van der Waals surface area contributed by atoms with E-state index in [1.165, 1.54) is 0 Å². The zero-order valence-electron chi connectivity index (χ0n) is 10.7. The van der Waals surface area contributed by atoms with Crippen molar-refractivity contribution in [1.29, 1.82) is 5.26 Å². The molecule has 0 saturated carbocycles. The van der Waals surface area contributed by atoms with Crippen molar-refractivity contribution in [2.75, 3.05) is 26.8 Å². The van der Waals surface area contributed by atoms with E-state index in [0.29, 0.717) is 31.7 Å². The summed E-state index contributed by atoms with van der Waals surface area (Å²) in [5, 5.41) is 8.61. The molecule has 18 heavy (non-hydrogen) atoms. The maximum Gasteiger partial charge on any atom is 0.255 e. The Morgan fingerprint density at radius 3 is 2.89 bits per heavy atom. The van der Waals surface area contributed by atoms with Gasteiger partial charge >= 0.3 is 0 Å². The van der Waals surface area contributed by atoms with Gasteiger partial charge in [-0.05, 0) is 18.6 Å². The van der Waals surface area contributed by atoms with E-state index in [4.69, 9.17) is 10.00 Å². The molecule has 0 aliphatic rings. The Bertz CT molecular complexity index is 440. The summed E-state index contributed by atoms with van der Waals surface area (Å²) in [6.45, 7) is 3.23. The van der Waals surface area contributed by atoms with Crippen LogP contribution in [0.2, 0.25) is 0 Å². The van der Waals surface area contributed by atoms with Crippen LogP contribution in [0.1, 0.15) is 22.3 Å². The van der Waals surface area contributed by atoms with E-state index in [2.05, 4.69) is 4.98 Å². The predicted molar refractivity (Wildman–Crippen MR) is 67.0 cm³/mol. The number of rotatable bonds is 6. The third kappa shape index (κ3) is 4.15. The van der Waals surface area contributed by atoms with Gasteiger partial charge in [0.05, 0.1) is 24.7 Å². The smallest absolute Gasteiger partial charge is 0.255 e. The molecule has 5 heteroatoms. The average Bonchev–Trinajstić information content (AvgIpc) is 2.38. The molecule has 1 amide bonds. The summed E-state index contributed by atoms with van der Waals surface area (Å²) in [5.41, 5.74) is 1.48. The Hall–Kier alpha value is -1.93. The van der Waals surface area contributed by atoms with Gasteiger partial charge in [-0.25, -0.2) is 0 Å². The first-order chi connectivity index (χ1) is 8.69. The topological polar surface area (TPSA) is 66.2 Å². The first-order valence-corrected chi connectivity index (χ1v) is 5.76. The lowest BCUT2D eigenvalue weighted by Gasteiger charge is -2.21. The highest BCUT2D eigenvalue weighted by atomic mass is 16.5. The minimum absolute atomic E-state index is 0.112. The maximum atomic E-state index is 12.2. The molecule has 0 fully saturated rings. The minimum Gasteiger partial charge on any atom is -0.383 e. The average molecular weight is 247 g/mol. The van der Waals surface area contributed by atoms with E-state index in [9.17, 15) is 4.79 Å². The number of hydrogen-bond donors (Lipinski definition) is 0. The number of aryl methyl sites for hydroxylation is 1. The van der Waals surface area contributed by atoms with Gasteiger partial charge in [-0.3, -0.25) is 9.78 Å². The Morgan fingerprint density at radius 2 is 2.28 bits per heavy atom. The van der Waals surface area contributed by atoms with Crippen LogP contribution in [-0.2, 0) is 4.74 Å². The monoisotopic (exact) mass is 247 g/mol. The van der Waals surface area contributed by atoms with Crippen molar-refractivity contribution in [3.05, 3.63) is 29.6 Å². The summed E-state index contributed by atoms with van der Waals surface area (Å²) in [7, 11) is 1.58. The molecule has 1 heterocycles. The highest BCUT2D eigenvalue weighted by Crippen LogP contribution is 2.06. The van der Waals surface area contributed by atoms with Crippen molar-refractivity contribution in [1.82, 2.24) is 9.88 Å². The fourth-order valence-electron chi connectivity index (χ4n) is 1.56. The van der Waals surface area contributed by atoms with Gasteiger partial charge < -0.3 is 9.64 Å². The lowest BCUT2D eigenvalue weighted by Crippen LogP contribution is -2.34. The second-order valence-corrected chi connectivity index (χ2v) is 3.94. The van der Waals surface area contributed by atoms with Gasteiger partial charge in [-0.1, -0.05) is 0 Å². The molecule has 0 bridgehead atoms. The molecule has 0 aliphatic carbocycles. The summed E-state index contributed by atoms with van der Waals surface area (Å²) in [4.78, 5) is 17.8. The van der Waals surface area contributed by atoms with Gasteiger partial charge in [0.1, 0.15) is 0 Å². The molecule has 96 valence electrons. The molecule has 0 saturated heterocycles. The molecule has 1 aromatic heterocycles. The second-order valence-electron chi connectivity index (χ2n) is 3.94. The molecule has 1 rings (SSSR count). The van der Waals surface area contributed by atoms with E-state index < -0.39 is 0 Å². The molecule has 0 unspecified atom stereocenters. The van der Waals surface area contributed by atoms with Crippen molar-refractivity contribution in [2.24, 2.45) is 0 Å². The SMILES string of the molecule is COCCN(CCC#N)C(=O)c1cncc(C)c1. The standard InChI is InChI=1S/C13H17N3O2/c1-11-8-12(10-15-9-11)13(17)16(5-3-4-14)6-7-18-2/h8-10H,3,5-7H2,1-2H3. The minimum atomic E-state index is -0.112. The number of aromatic nitrogens is 1. The van der Waals surface area contributed by atoms with Crippen molar-refractivity contribution < 1.29 is 9.53 Å². The lowest BCUT2D eigenvalue weighted by atomic mass is 10.2. The van der Waals surface area contributed by atoms with Gasteiger partial charge in [-0.15, -0.1) is 0 Å². The number of nitriles is 1. The van der Waals surface area contributed by atoms with Crippen LogP contribution in [0.4, 0.5) is 0 Å². The number of carbonyl (C=O) groups is 1. The summed E-state index contributed by atoms with van der Waals surface area (Å²) >= 11 is 0. The Labute approximate surface area is 107 Å². The van der Waals surface area contributed by atoms with Crippen LogP contribution in [0, 0.1) is 18.3 Å². The Kier molecular flexibility index (Phi) is 5.81. The van der Waals surface area contributed by atoms with E-state index in [1.807, 2.05) is 13.0 Å². The number of nitrogens with zero attached hydrogens (tertiary/aromatic N) is 3. The summed E-state index contributed by atoms with van der Waals surface area (Å²) in [6.07, 6.45) is 3.56. The molecule has 0 aliphatic heterocycles. The van der Waals surface area contributed by atoms with Gasteiger partial charge in [0.15, 0.2) is 0 Å². The molecular weight excluding hydrogens is 230 g/mol. The van der Waals surface area contributed by atoms with Gasteiger partial charge in [0, 0.05) is 32.6 Å². The van der Waals surface area contributed by atoms with Crippen molar-refractivity contribution in [3.63, 3.8) is 0 Å². The highest BCUT2D eigenvalue weighted by Gasteiger charge is 2.15. The molecule has 0 atom stereocenters. The fourth-order valence-corrected chi connectivity index (χ4v) is 1.56. The number of amides is 1. The maximum absolute atomic E-state index is 12.2. The van der Waals surface area contributed by atoms with Gasteiger partial charge in [0.25, 0.3) is 5.91 Å². The summed E-state index contributed by atoms with van der Waals surface area (Å²) in [5.74, 6) is -0.112. The van der Waals surface area contributed by atoms with Crippen molar-refractivity contribution in [3.8, 4) is 6.07 Å². The van der Waals surface area contributed by atoms with Gasteiger partial charge in [0.2, 0.25) is 0 Å². The van der Waals surface area contributed by atoms with E-state index in [-0.39, 0.29) is 5.91 Å². The fraction of sp³-hybridized carbons (Fsp3) is 0.462. The third-order valence-electron chi connectivity index (χ3n) is 2.47. The van der Waals surface area contributed by atoms with Crippen LogP contribution < -0.4 is 0 Å². The number of carbonyl (C=O) groups excluding carboxylic acids is 1. The van der Waals surface area contributed by atoms with Crippen LogP contribution in [0.5, 0.6) is 0 Å². The van der Waals surface area contributed by atoms with Crippen molar-refractivity contribution >= 4 is 5.91 Å². The first kappa shape index (κ1) is 14.1. The zero-order valence-corrected chi connectivity index (χ0v) is 10.7. The quantitative estimate of drug-likeness (QED) is 0.762. The second kappa shape index (κ2) is 7.41.